The minimum absolute atomic E-state index is 0.0121. The molecule has 0 radical (unpaired) electrons. The highest BCUT2D eigenvalue weighted by atomic mass is 35.5. The lowest BCUT2D eigenvalue weighted by molar-refractivity contribution is -0.137. The fraction of sp³-hybridized carbons (Fsp3) is 0.160. The second-order valence-corrected chi connectivity index (χ2v) is 10.4. The van der Waals surface area contributed by atoms with Crippen molar-refractivity contribution in [3.63, 3.8) is 0 Å². The summed E-state index contributed by atoms with van der Waals surface area (Å²) in [6.45, 7) is 1.44. The van der Waals surface area contributed by atoms with Crippen molar-refractivity contribution in [2.24, 2.45) is 0 Å². The van der Waals surface area contributed by atoms with E-state index >= 15 is 0 Å². The predicted octanol–water partition coefficient (Wildman–Crippen LogP) is 6.36. The molecule has 0 aliphatic heterocycles. The lowest BCUT2D eigenvalue weighted by Crippen LogP contribution is -2.27. The number of fused-ring (bicyclic) bond motifs is 2. The first-order valence-corrected chi connectivity index (χ1v) is 13.1. The van der Waals surface area contributed by atoms with Gasteiger partial charge in [0.05, 0.1) is 43.7 Å². The topological polar surface area (TPSA) is 118 Å². The van der Waals surface area contributed by atoms with Gasteiger partial charge in [0.25, 0.3) is 5.56 Å². The molecule has 0 atom stereocenters. The highest BCUT2D eigenvalue weighted by molar-refractivity contribution is 7.23. The van der Waals surface area contributed by atoms with E-state index in [1.807, 2.05) is 0 Å². The first kappa shape index (κ1) is 26.6. The smallest absolute Gasteiger partial charge is 0.416 e. The number of aromatic nitrogens is 3. The molecule has 0 unspecified atom stereocenters. The van der Waals surface area contributed by atoms with Crippen LogP contribution >= 0.6 is 34.5 Å². The van der Waals surface area contributed by atoms with Crippen molar-refractivity contribution < 1.29 is 27.8 Å². The number of nitrogens with zero attached hydrogens (tertiary/aromatic N) is 4. The molecule has 3 aromatic heterocycles. The summed E-state index contributed by atoms with van der Waals surface area (Å²) >= 11 is 8.56. The normalized spacial score (nSPS) is 11.7. The number of carboxylic acids is 1. The van der Waals surface area contributed by atoms with E-state index in [1.165, 1.54) is 28.2 Å². The molecule has 0 bridgehead atoms. The molecule has 2 aromatic carbocycles. The second kappa shape index (κ2) is 9.96. The Balaban J connectivity index is 1.47. The summed E-state index contributed by atoms with van der Waals surface area (Å²) in [5.41, 5.74) is -1.31. The predicted molar refractivity (Wildman–Crippen MR) is 141 cm³/mol. The number of aromatic carboxylic acids is 1. The number of hydrogen-bond acceptors (Lipinski definition) is 8. The molecule has 3 heterocycles. The summed E-state index contributed by atoms with van der Waals surface area (Å²) in [7, 11) is 0. The van der Waals surface area contributed by atoms with Crippen LogP contribution in [0.25, 0.3) is 31.6 Å². The zero-order chi connectivity index (χ0) is 28.1. The quantitative estimate of drug-likeness (QED) is 0.244. The van der Waals surface area contributed by atoms with E-state index in [4.69, 9.17) is 16.3 Å². The van der Waals surface area contributed by atoms with E-state index < -0.39 is 28.8 Å². The van der Waals surface area contributed by atoms with Gasteiger partial charge in [-0.15, -0.1) is 11.3 Å². The molecular formula is C25H14ClF3N4O4S2. The third-order valence-corrected chi connectivity index (χ3v) is 8.12. The van der Waals surface area contributed by atoms with Crippen LogP contribution in [-0.4, -0.2) is 31.6 Å². The van der Waals surface area contributed by atoms with Gasteiger partial charge in [-0.3, -0.25) is 9.36 Å². The van der Waals surface area contributed by atoms with Crippen LogP contribution < -0.4 is 10.3 Å². The van der Waals surface area contributed by atoms with Crippen LogP contribution in [0, 0.1) is 18.3 Å². The van der Waals surface area contributed by atoms with Crippen molar-refractivity contribution in [3.05, 3.63) is 73.6 Å². The molecule has 198 valence electrons. The Hall–Kier alpha value is -3.99. The zero-order valence-electron chi connectivity index (χ0n) is 19.7. The van der Waals surface area contributed by atoms with E-state index in [1.54, 1.807) is 24.3 Å². The van der Waals surface area contributed by atoms with Crippen LogP contribution in [0.15, 0.2) is 40.5 Å². The molecule has 0 spiro atoms. The van der Waals surface area contributed by atoms with Gasteiger partial charge in [-0.05, 0) is 48.8 Å². The molecule has 0 saturated heterocycles. The maximum atomic E-state index is 13.2. The molecule has 0 aliphatic rings. The van der Waals surface area contributed by atoms with Crippen molar-refractivity contribution >= 4 is 61.6 Å². The highest BCUT2D eigenvalue weighted by Gasteiger charge is 2.32. The number of rotatable bonds is 6. The molecule has 8 nitrogen and oxygen atoms in total. The minimum Gasteiger partial charge on any atom is -0.491 e. The first-order valence-electron chi connectivity index (χ1n) is 11.0. The van der Waals surface area contributed by atoms with Gasteiger partial charge in [0.15, 0.2) is 0 Å². The molecule has 0 saturated carbocycles. The number of thiophene rings is 1. The van der Waals surface area contributed by atoms with Gasteiger partial charge in [-0.1, -0.05) is 11.6 Å². The number of hydrogen-bond donors (Lipinski definition) is 1. The standard InChI is InChI=1S/C25H14ClF3N4O4S2/c1-11-31-17-7-13(25(27,28)29)6-12(9-30)19(17)23(34)33(11)4-5-37-18-3-2-14(26)8-15(18)21-22-20(32-39-21)16(10-38-22)24(35)36/h2-3,6-8,10H,4-5H2,1H3,(H,35,36). The SMILES string of the molecule is Cc1nc2cc(C(F)(F)F)cc(C#N)c2c(=O)n1CCOc1ccc(Cl)cc1-c1snc2c(C(=O)O)csc12. The molecule has 0 amide bonds. The van der Waals surface area contributed by atoms with Gasteiger partial charge in [-0.2, -0.15) is 22.8 Å². The van der Waals surface area contributed by atoms with Crippen molar-refractivity contribution in [3.8, 4) is 22.3 Å². The third kappa shape index (κ3) is 4.82. The second-order valence-electron chi connectivity index (χ2n) is 8.28. The summed E-state index contributed by atoms with van der Waals surface area (Å²) in [6.07, 6.45) is -4.70. The van der Waals surface area contributed by atoms with E-state index in [0.717, 1.165) is 17.6 Å². The molecule has 5 aromatic rings. The molecule has 0 aliphatic carbocycles. The van der Waals surface area contributed by atoms with E-state index in [9.17, 15) is 33.1 Å². The maximum Gasteiger partial charge on any atom is 0.416 e. The van der Waals surface area contributed by atoms with Crippen molar-refractivity contribution in [2.45, 2.75) is 19.6 Å². The third-order valence-electron chi connectivity index (χ3n) is 5.89. The molecule has 39 heavy (non-hydrogen) atoms. The maximum absolute atomic E-state index is 13.2. The van der Waals surface area contributed by atoms with Crippen LogP contribution in [0.5, 0.6) is 5.75 Å². The van der Waals surface area contributed by atoms with Gasteiger partial charge in [0.1, 0.15) is 29.8 Å². The molecular weight excluding hydrogens is 577 g/mol. The van der Waals surface area contributed by atoms with Gasteiger partial charge in [-0.25, -0.2) is 9.78 Å². The Morgan fingerprint density at radius 2 is 2.05 bits per heavy atom. The number of carboxylic acid groups (broad SMARTS) is 1. The zero-order valence-corrected chi connectivity index (χ0v) is 22.1. The van der Waals surface area contributed by atoms with Crippen LogP contribution in [0.3, 0.4) is 0 Å². The summed E-state index contributed by atoms with van der Waals surface area (Å²) in [4.78, 5) is 29.5. The van der Waals surface area contributed by atoms with Crippen LogP contribution in [0.1, 0.15) is 27.3 Å². The van der Waals surface area contributed by atoms with Crippen molar-refractivity contribution in [1.82, 2.24) is 13.9 Å². The highest BCUT2D eigenvalue weighted by Crippen LogP contribution is 2.43. The van der Waals surface area contributed by atoms with E-state index in [2.05, 4.69) is 9.36 Å². The Labute approximate surface area is 230 Å². The number of carbonyl (C=O) groups is 1. The summed E-state index contributed by atoms with van der Waals surface area (Å²) in [5.74, 6) is -0.526. The molecule has 1 N–H and O–H groups in total. The summed E-state index contributed by atoms with van der Waals surface area (Å²) in [6, 6.07) is 7.97. The van der Waals surface area contributed by atoms with E-state index in [0.29, 0.717) is 37.5 Å². The number of halogens is 4. The molecule has 14 heteroatoms. The largest absolute Gasteiger partial charge is 0.491 e. The van der Waals surface area contributed by atoms with Crippen molar-refractivity contribution in [2.75, 3.05) is 6.61 Å². The molecule has 0 fully saturated rings. The average Bonchev–Trinajstić information content (AvgIpc) is 3.47. The number of alkyl halides is 3. The summed E-state index contributed by atoms with van der Waals surface area (Å²) in [5, 5.41) is 20.5. The number of aryl methyl sites for hydroxylation is 1. The lowest BCUT2D eigenvalue weighted by atomic mass is 10.1. The van der Waals surface area contributed by atoms with Gasteiger partial charge >= 0.3 is 12.1 Å². The van der Waals surface area contributed by atoms with E-state index in [-0.39, 0.29) is 35.4 Å². The van der Waals surface area contributed by atoms with Gasteiger partial charge in [0.2, 0.25) is 0 Å². The number of nitriles is 1. The molecule has 5 rings (SSSR count). The van der Waals surface area contributed by atoms with Gasteiger partial charge < -0.3 is 9.84 Å². The minimum atomic E-state index is -4.70. The lowest BCUT2D eigenvalue weighted by Gasteiger charge is -2.15. The Bertz CT molecular complexity index is 1890. The fourth-order valence-electron chi connectivity index (χ4n) is 4.08. The first-order chi connectivity index (χ1) is 18.5. The number of benzene rings is 2. The fourth-order valence-corrected chi connectivity index (χ4v) is 6.31. The monoisotopic (exact) mass is 590 g/mol. The van der Waals surface area contributed by atoms with Crippen molar-refractivity contribution in [1.29, 1.82) is 5.26 Å². The Kier molecular flexibility index (Phi) is 6.79. The van der Waals surface area contributed by atoms with Crippen LogP contribution in [0.2, 0.25) is 5.02 Å². The Morgan fingerprint density at radius 3 is 2.74 bits per heavy atom. The number of ether oxygens (including phenoxy) is 1. The summed E-state index contributed by atoms with van der Waals surface area (Å²) < 4.78 is 51.9. The van der Waals surface area contributed by atoms with Gasteiger partial charge in [0, 0.05) is 16.0 Å². The Morgan fingerprint density at radius 1 is 1.28 bits per heavy atom. The average molecular weight is 591 g/mol. The van der Waals surface area contributed by atoms with Crippen LogP contribution in [0.4, 0.5) is 13.2 Å². The van der Waals surface area contributed by atoms with Crippen LogP contribution in [-0.2, 0) is 12.7 Å².